The average molecular weight is 422 g/mol. The lowest BCUT2D eigenvalue weighted by atomic mass is 10.1. The van der Waals surface area contributed by atoms with Crippen LogP contribution in [0, 0.1) is 6.92 Å². The smallest absolute Gasteiger partial charge is 0.254 e. The maximum Gasteiger partial charge on any atom is 0.254 e. The third-order valence-electron chi connectivity index (χ3n) is 5.53. The molecule has 3 aromatic carbocycles. The zero-order chi connectivity index (χ0) is 22.5. The number of anilines is 1. The minimum Gasteiger partial charge on any atom is -0.459 e. The molecule has 0 bridgehead atoms. The summed E-state index contributed by atoms with van der Waals surface area (Å²) in [6.45, 7) is 6.30. The second-order valence-electron chi connectivity index (χ2n) is 8.00. The summed E-state index contributed by atoms with van der Waals surface area (Å²) >= 11 is 0. The van der Waals surface area contributed by atoms with E-state index in [2.05, 4.69) is 24.3 Å². The standard InChI is InChI=1S/C29H27NO2/c1-21(19-24-12-6-4-7-13-24)18-22(2)29(31)30(25-14-8-5-9-15-25)20-28-23(3)26-16-10-11-17-27(26)32-28/h4-19H,20H2,1-3H3/b21-19+,22-18+. The molecule has 0 aliphatic heterocycles. The molecular weight excluding hydrogens is 394 g/mol. The predicted molar refractivity (Wildman–Crippen MR) is 132 cm³/mol. The third kappa shape index (κ3) is 4.73. The van der Waals surface area contributed by atoms with Crippen LogP contribution in [0.1, 0.15) is 30.7 Å². The number of carbonyl (C=O) groups is 1. The Morgan fingerprint density at radius 1 is 0.875 bits per heavy atom. The van der Waals surface area contributed by atoms with E-state index in [0.717, 1.165) is 39.1 Å². The molecule has 0 spiro atoms. The molecule has 0 aliphatic carbocycles. The molecule has 1 aromatic heterocycles. The summed E-state index contributed by atoms with van der Waals surface area (Å²) in [5.74, 6) is 0.754. The number of benzene rings is 3. The number of nitrogens with zero attached hydrogens (tertiary/aromatic N) is 1. The number of allylic oxidation sites excluding steroid dienone is 2. The van der Waals surface area contributed by atoms with Crippen LogP contribution in [0.25, 0.3) is 17.0 Å². The fraction of sp³-hybridized carbons (Fsp3) is 0.138. The molecule has 0 saturated heterocycles. The van der Waals surface area contributed by atoms with Crippen molar-refractivity contribution in [1.29, 1.82) is 0 Å². The van der Waals surface area contributed by atoms with Crippen molar-refractivity contribution in [3.8, 4) is 0 Å². The molecule has 3 heteroatoms. The molecule has 4 aromatic rings. The number of hydrogen-bond acceptors (Lipinski definition) is 2. The van der Waals surface area contributed by atoms with Gasteiger partial charge < -0.3 is 9.32 Å². The monoisotopic (exact) mass is 421 g/mol. The summed E-state index contributed by atoms with van der Waals surface area (Å²) < 4.78 is 6.12. The highest BCUT2D eigenvalue weighted by Gasteiger charge is 2.21. The minimum atomic E-state index is -0.0446. The minimum absolute atomic E-state index is 0.0446. The van der Waals surface area contributed by atoms with E-state index in [4.69, 9.17) is 4.42 Å². The Kier molecular flexibility index (Phi) is 6.37. The Bertz CT molecular complexity index is 1280. The Morgan fingerprint density at radius 2 is 1.50 bits per heavy atom. The van der Waals surface area contributed by atoms with Crippen LogP contribution in [0.3, 0.4) is 0 Å². The molecule has 0 N–H and O–H groups in total. The fourth-order valence-corrected chi connectivity index (χ4v) is 3.88. The number of furan rings is 1. The molecule has 3 nitrogen and oxygen atoms in total. The molecule has 0 unspecified atom stereocenters. The predicted octanol–water partition coefficient (Wildman–Crippen LogP) is 7.32. The molecular formula is C29H27NO2. The van der Waals surface area contributed by atoms with Gasteiger partial charge in [-0.3, -0.25) is 4.79 Å². The van der Waals surface area contributed by atoms with E-state index in [1.165, 1.54) is 0 Å². The van der Waals surface area contributed by atoms with Crippen LogP contribution in [0.5, 0.6) is 0 Å². The van der Waals surface area contributed by atoms with E-state index in [9.17, 15) is 4.79 Å². The summed E-state index contributed by atoms with van der Waals surface area (Å²) in [4.78, 5) is 15.3. The SMILES string of the molecule is CC(=C\c1ccccc1)/C=C(\C)C(=O)N(Cc1oc2ccccc2c1C)c1ccccc1. The summed E-state index contributed by atoms with van der Waals surface area (Å²) in [7, 11) is 0. The van der Waals surface area contributed by atoms with Crippen LogP contribution in [0.4, 0.5) is 5.69 Å². The Morgan fingerprint density at radius 3 is 2.19 bits per heavy atom. The van der Waals surface area contributed by atoms with Crippen LogP contribution in [0.2, 0.25) is 0 Å². The van der Waals surface area contributed by atoms with Gasteiger partial charge in [0.15, 0.2) is 0 Å². The lowest BCUT2D eigenvalue weighted by Gasteiger charge is -2.23. The number of aryl methyl sites for hydroxylation is 1. The first-order valence-electron chi connectivity index (χ1n) is 10.8. The fourth-order valence-electron chi connectivity index (χ4n) is 3.88. The van der Waals surface area contributed by atoms with E-state index < -0.39 is 0 Å². The van der Waals surface area contributed by atoms with E-state index in [0.29, 0.717) is 12.1 Å². The summed E-state index contributed by atoms with van der Waals surface area (Å²) in [5, 5.41) is 1.08. The van der Waals surface area contributed by atoms with Gasteiger partial charge in [-0.25, -0.2) is 0 Å². The first-order valence-corrected chi connectivity index (χ1v) is 10.8. The number of amides is 1. The highest BCUT2D eigenvalue weighted by molar-refractivity contribution is 6.05. The highest BCUT2D eigenvalue weighted by atomic mass is 16.3. The van der Waals surface area contributed by atoms with Crippen LogP contribution >= 0.6 is 0 Å². The van der Waals surface area contributed by atoms with Crippen molar-refractivity contribution in [3.63, 3.8) is 0 Å². The summed E-state index contributed by atoms with van der Waals surface area (Å²) in [5.41, 5.74) is 5.56. The third-order valence-corrected chi connectivity index (χ3v) is 5.53. The van der Waals surface area contributed by atoms with Crippen molar-refractivity contribution in [2.75, 3.05) is 4.90 Å². The molecule has 4 rings (SSSR count). The number of rotatable bonds is 6. The van der Waals surface area contributed by atoms with E-state index >= 15 is 0 Å². The molecule has 0 saturated carbocycles. The largest absolute Gasteiger partial charge is 0.459 e. The molecule has 1 heterocycles. The topological polar surface area (TPSA) is 33.5 Å². The quantitative estimate of drug-likeness (QED) is 0.241. The van der Waals surface area contributed by atoms with Crippen LogP contribution in [-0.2, 0) is 11.3 Å². The number of fused-ring (bicyclic) bond motifs is 1. The Hall–Kier alpha value is -3.85. The molecule has 0 atom stereocenters. The van der Waals surface area contributed by atoms with Gasteiger partial charge in [0.1, 0.15) is 11.3 Å². The first kappa shape index (κ1) is 21.4. The van der Waals surface area contributed by atoms with E-state index in [-0.39, 0.29) is 5.91 Å². The van der Waals surface area contributed by atoms with Gasteiger partial charge in [-0.1, -0.05) is 84.5 Å². The van der Waals surface area contributed by atoms with E-state index in [1.54, 1.807) is 4.90 Å². The van der Waals surface area contributed by atoms with Gasteiger partial charge >= 0.3 is 0 Å². The van der Waals surface area contributed by atoms with Crippen molar-refractivity contribution < 1.29 is 9.21 Å². The van der Waals surface area contributed by atoms with Gasteiger partial charge in [0.25, 0.3) is 5.91 Å². The molecule has 1 amide bonds. The second-order valence-corrected chi connectivity index (χ2v) is 8.00. The molecule has 0 fully saturated rings. The van der Waals surface area contributed by atoms with E-state index in [1.807, 2.05) is 93.6 Å². The first-order chi connectivity index (χ1) is 15.5. The zero-order valence-electron chi connectivity index (χ0n) is 18.7. The van der Waals surface area contributed by atoms with Gasteiger partial charge in [0.05, 0.1) is 6.54 Å². The van der Waals surface area contributed by atoms with Crippen molar-refractivity contribution in [1.82, 2.24) is 0 Å². The number of para-hydroxylation sites is 2. The van der Waals surface area contributed by atoms with Crippen LogP contribution < -0.4 is 4.90 Å². The lowest BCUT2D eigenvalue weighted by Crippen LogP contribution is -2.31. The van der Waals surface area contributed by atoms with Crippen molar-refractivity contribution in [3.05, 3.63) is 119 Å². The molecule has 0 aliphatic rings. The maximum atomic E-state index is 13.6. The summed E-state index contributed by atoms with van der Waals surface area (Å²) in [6.07, 6.45) is 4.02. The zero-order valence-corrected chi connectivity index (χ0v) is 18.7. The maximum absolute atomic E-state index is 13.6. The number of hydrogen-bond donors (Lipinski definition) is 0. The average Bonchev–Trinajstić information content (AvgIpc) is 3.13. The number of carbonyl (C=O) groups excluding carboxylic acids is 1. The Balaban J connectivity index is 1.66. The normalized spacial score (nSPS) is 12.2. The van der Waals surface area contributed by atoms with Crippen molar-refractivity contribution >= 4 is 28.6 Å². The highest BCUT2D eigenvalue weighted by Crippen LogP contribution is 2.28. The lowest BCUT2D eigenvalue weighted by molar-refractivity contribution is -0.115. The van der Waals surface area contributed by atoms with Gasteiger partial charge in [0.2, 0.25) is 0 Å². The van der Waals surface area contributed by atoms with Crippen LogP contribution in [-0.4, -0.2) is 5.91 Å². The van der Waals surface area contributed by atoms with Gasteiger partial charge in [-0.2, -0.15) is 0 Å². The van der Waals surface area contributed by atoms with Crippen molar-refractivity contribution in [2.24, 2.45) is 0 Å². The van der Waals surface area contributed by atoms with Crippen molar-refractivity contribution in [2.45, 2.75) is 27.3 Å². The van der Waals surface area contributed by atoms with Gasteiger partial charge in [-0.15, -0.1) is 0 Å². The van der Waals surface area contributed by atoms with Crippen LogP contribution in [0.15, 0.2) is 107 Å². The molecule has 32 heavy (non-hydrogen) atoms. The molecule has 160 valence electrons. The van der Waals surface area contributed by atoms with Gasteiger partial charge in [-0.05, 0) is 44.5 Å². The second kappa shape index (κ2) is 9.52. The molecule has 0 radical (unpaired) electrons. The van der Waals surface area contributed by atoms with Gasteiger partial charge in [0, 0.05) is 22.2 Å². The Labute approximate surface area is 189 Å². The summed E-state index contributed by atoms with van der Waals surface area (Å²) in [6, 6.07) is 27.8.